The number of H-pyrrole nitrogens is 1. The van der Waals surface area contributed by atoms with E-state index in [9.17, 15) is 0 Å². The number of aromatic amines is 1. The molecule has 1 aliphatic rings. The Labute approximate surface area is 149 Å². The number of benzene rings is 1. The third-order valence-electron chi connectivity index (χ3n) is 5.13. The summed E-state index contributed by atoms with van der Waals surface area (Å²) in [6, 6.07) is 12.2. The molecular weight excluding hydrogens is 326 g/mol. The summed E-state index contributed by atoms with van der Waals surface area (Å²) in [5, 5.41) is 21.4. The maximum absolute atomic E-state index is 9.06. The van der Waals surface area contributed by atoms with Gasteiger partial charge in [0.2, 0.25) is 0 Å². The maximum atomic E-state index is 9.06. The van der Waals surface area contributed by atoms with E-state index in [4.69, 9.17) is 5.26 Å². The van der Waals surface area contributed by atoms with Crippen LogP contribution in [0.2, 0.25) is 0 Å². The summed E-state index contributed by atoms with van der Waals surface area (Å²) in [5.74, 6) is 1.35. The van der Waals surface area contributed by atoms with Gasteiger partial charge in [-0.3, -0.25) is 4.40 Å². The smallest absolute Gasteiger partial charge is 0.179 e. The van der Waals surface area contributed by atoms with Gasteiger partial charge in [0.05, 0.1) is 23.3 Å². The minimum atomic E-state index is 0.349. The average molecular weight is 343 g/mol. The molecule has 3 heterocycles. The molecule has 0 radical (unpaired) electrons. The first kappa shape index (κ1) is 14.9. The van der Waals surface area contributed by atoms with E-state index in [2.05, 4.69) is 36.0 Å². The van der Waals surface area contributed by atoms with Gasteiger partial charge in [-0.2, -0.15) is 5.26 Å². The van der Waals surface area contributed by atoms with Gasteiger partial charge in [-0.25, -0.2) is 4.98 Å². The van der Waals surface area contributed by atoms with Crippen molar-refractivity contribution >= 4 is 22.5 Å². The van der Waals surface area contributed by atoms with E-state index in [0.717, 1.165) is 47.6 Å². The molecule has 1 fully saturated rings. The largest absolute Gasteiger partial charge is 0.382 e. The molecule has 0 spiro atoms. The molecule has 0 saturated heterocycles. The van der Waals surface area contributed by atoms with Gasteiger partial charge in [0.1, 0.15) is 5.82 Å². The zero-order valence-electron chi connectivity index (χ0n) is 14.1. The number of nitrogens with one attached hydrogen (secondary N) is 2. The van der Waals surface area contributed by atoms with Crippen LogP contribution < -0.4 is 5.32 Å². The third kappa shape index (κ3) is 2.39. The molecule has 2 atom stereocenters. The minimum absolute atomic E-state index is 0.349. The number of aromatic nitrogens is 5. The minimum Gasteiger partial charge on any atom is -0.382 e. The Kier molecular flexibility index (Phi) is 3.35. The zero-order chi connectivity index (χ0) is 17.5. The summed E-state index contributed by atoms with van der Waals surface area (Å²) < 4.78 is 2.11. The first-order valence-electron chi connectivity index (χ1n) is 8.75. The average Bonchev–Trinajstić information content (AvgIpc) is 3.39. The van der Waals surface area contributed by atoms with E-state index >= 15 is 0 Å². The van der Waals surface area contributed by atoms with Crippen LogP contribution in [-0.4, -0.2) is 30.6 Å². The maximum Gasteiger partial charge on any atom is 0.179 e. The van der Waals surface area contributed by atoms with Gasteiger partial charge in [-0.1, -0.05) is 6.07 Å². The predicted molar refractivity (Wildman–Crippen MR) is 97.8 cm³/mol. The second kappa shape index (κ2) is 5.85. The Morgan fingerprint density at radius 2 is 2.19 bits per heavy atom. The van der Waals surface area contributed by atoms with Gasteiger partial charge in [0.15, 0.2) is 11.3 Å². The first-order valence-corrected chi connectivity index (χ1v) is 8.75. The molecule has 1 aliphatic carbocycles. The van der Waals surface area contributed by atoms with Crippen molar-refractivity contribution in [1.82, 2.24) is 24.6 Å². The van der Waals surface area contributed by atoms with Crippen LogP contribution in [0.5, 0.6) is 0 Å². The highest BCUT2D eigenvalue weighted by Crippen LogP contribution is 2.36. The van der Waals surface area contributed by atoms with Gasteiger partial charge in [0.25, 0.3) is 0 Å². The molecule has 128 valence electrons. The van der Waals surface area contributed by atoms with Crippen LogP contribution in [0.15, 0.2) is 42.7 Å². The monoisotopic (exact) mass is 343 g/mol. The van der Waals surface area contributed by atoms with Crippen molar-refractivity contribution < 1.29 is 0 Å². The molecule has 1 saturated carbocycles. The summed E-state index contributed by atoms with van der Waals surface area (Å²) >= 11 is 0. The fourth-order valence-electron chi connectivity index (χ4n) is 3.92. The van der Waals surface area contributed by atoms with E-state index in [1.165, 1.54) is 0 Å². The highest BCUT2D eigenvalue weighted by atomic mass is 15.3. The van der Waals surface area contributed by atoms with Crippen molar-refractivity contribution in [2.75, 3.05) is 5.32 Å². The fraction of sp³-hybridized carbons (Fsp3) is 0.263. The van der Waals surface area contributed by atoms with Crippen LogP contribution in [0.25, 0.3) is 16.8 Å². The van der Waals surface area contributed by atoms with E-state index in [1.807, 2.05) is 36.5 Å². The lowest BCUT2D eigenvalue weighted by molar-refractivity contribution is 0.652. The zero-order valence-corrected chi connectivity index (χ0v) is 14.1. The van der Waals surface area contributed by atoms with E-state index in [1.54, 1.807) is 6.20 Å². The number of hydrogen-bond donors (Lipinski definition) is 2. The summed E-state index contributed by atoms with van der Waals surface area (Å²) in [5.41, 5.74) is 4.32. The van der Waals surface area contributed by atoms with Crippen molar-refractivity contribution in [1.29, 1.82) is 5.26 Å². The summed E-state index contributed by atoms with van der Waals surface area (Å²) in [7, 11) is 0. The number of hydrogen-bond acceptors (Lipinski definition) is 5. The Morgan fingerprint density at radius 1 is 1.23 bits per heavy atom. The number of anilines is 1. The predicted octanol–water partition coefficient (Wildman–Crippen LogP) is 3.23. The van der Waals surface area contributed by atoms with Crippen LogP contribution in [0.4, 0.5) is 5.69 Å². The Morgan fingerprint density at radius 3 is 3.12 bits per heavy atom. The molecule has 26 heavy (non-hydrogen) atoms. The first-order chi connectivity index (χ1) is 12.8. The van der Waals surface area contributed by atoms with Gasteiger partial charge >= 0.3 is 0 Å². The van der Waals surface area contributed by atoms with E-state index in [0.29, 0.717) is 17.5 Å². The summed E-state index contributed by atoms with van der Waals surface area (Å²) in [6.07, 6.45) is 6.77. The molecule has 4 aromatic rings. The number of nitriles is 1. The van der Waals surface area contributed by atoms with Crippen molar-refractivity contribution in [2.24, 2.45) is 0 Å². The van der Waals surface area contributed by atoms with Crippen LogP contribution in [-0.2, 0) is 0 Å². The molecule has 3 aromatic heterocycles. The fourth-order valence-corrected chi connectivity index (χ4v) is 3.92. The highest BCUT2D eigenvalue weighted by Gasteiger charge is 2.30. The molecule has 0 unspecified atom stereocenters. The van der Waals surface area contributed by atoms with Crippen LogP contribution in [0.1, 0.15) is 36.6 Å². The molecule has 0 bridgehead atoms. The van der Waals surface area contributed by atoms with E-state index < -0.39 is 0 Å². The normalized spacial score (nSPS) is 19.8. The topological polar surface area (TPSA) is 94.7 Å². The molecule has 0 amide bonds. The standard InChI is InChI=1S/C19H17N7/c20-10-12-2-1-3-14(8-12)23-15-5-4-13(9-15)19-25-24-17-11-22-18-16(26(17)19)6-7-21-18/h1-3,6-8,11,13,15,21,23H,4-5,9H2/t13-,15-/m1/s1. The van der Waals surface area contributed by atoms with Crippen LogP contribution in [0.3, 0.4) is 0 Å². The van der Waals surface area contributed by atoms with Gasteiger partial charge < -0.3 is 10.3 Å². The SMILES string of the molecule is N#Cc1cccc(N[C@@H]2CC[C@@H](c3nnc4cnc5[nH]ccc5n34)C2)c1. The molecule has 1 aromatic carbocycles. The summed E-state index contributed by atoms with van der Waals surface area (Å²) in [4.78, 5) is 7.52. The van der Waals surface area contributed by atoms with Crippen LogP contribution in [0, 0.1) is 11.3 Å². The number of fused-ring (bicyclic) bond motifs is 3. The van der Waals surface area contributed by atoms with Crippen molar-refractivity contribution in [2.45, 2.75) is 31.2 Å². The van der Waals surface area contributed by atoms with E-state index in [-0.39, 0.29) is 0 Å². The Hall–Kier alpha value is -3.40. The Balaban J connectivity index is 1.42. The second-order valence-corrected chi connectivity index (χ2v) is 6.77. The van der Waals surface area contributed by atoms with Crippen molar-refractivity contribution in [3.05, 3.63) is 54.1 Å². The highest BCUT2D eigenvalue weighted by molar-refractivity contribution is 5.74. The quantitative estimate of drug-likeness (QED) is 0.595. The molecule has 0 aliphatic heterocycles. The van der Waals surface area contributed by atoms with Gasteiger partial charge in [-0.15, -0.1) is 10.2 Å². The third-order valence-corrected chi connectivity index (χ3v) is 5.13. The molecule has 7 heteroatoms. The molecule has 5 rings (SSSR count). The van der Waals surface area contributed by atoms with Gasteiger partial charge in [0, 0.05) is 23.8 Å². The van der Waals surface area contributed by atoms with Crippen molar-refractivity contribution in [3.63, 3.8) is 0 Å². The Bertz CT molecular complexity index is 1130. The molecule has 2 N–H and O–H groups in total. The lowest BCUT2D eigenvalue weighted by Gasteiger charge is -2.14. The van der Waals surface area contributed by atoms with Crippen molar-refractivity contribution in [3.8, 4) is 6.07 Å². The lowest BCUT2D eigenvalue weighted by atomic mass is 10.1. The lowest BCUT2D eigenvalue weighted by Crippen LogP contribution is -2.15. The number of rotatable bonds is 3. The van der Waals surface area contributed by atoms with Crippen LogP contribution >= 0.6 is 0 Å². The molecular formula is C19H17N7. The van der Waals surface area contributed by atoms with Gasteiger partial charge in [-0.05, 0) is 43.5 Å². The number of nitrogens with zero attached hydrogens (tertiary/aromatic N) is 5. The molecule has 7 nitrogen and oxygen atoms in total. The second-order valence-electron chi connectivity index (χ2n) is 6.77. The summed E-state index contributed by atoms with van der Waals surface area (Å²) in [6.45, 7) is 0.